The summed E-state index contributed by atoms with van der Waals surface area (Å²) >= 11 is 0. The molecule has 0 amide bonds. The number of methoxy groups -OCH3 is 1. The quantitative estimate of drug-likeness (QED) is 0.812. The van der Waals surface area contributed by atoms with Gasteiger partial charge in [0.25, 0.3) is 0 Å². The first-order valence-electron chi connectivity index (χ1n) is 7.29. The van der Waals surface area contributed by atoms with E-state index in [9.17, 15) is 4.79 Å². The van der Waals surface area contributed by atoms with E-state index in [0.717, 1.165) is 38.2 Å². The molecule has 1 aliphatic rings. The molecule has 0 aromatic carbocycles. The van der Waals surface area contributed by atoms with Crippen molar-refractivity contribution < 1.29 is 18.7 Å². The van der Waals surface area contributed by atoms with Crippen LogP contribution in [0.1, 0.15) is 55.0 Å². The van der Waals surface area contributed by atoms with Crippen LogP contribution in [0.5, 0.6) is 0 Å². The Balaban J connectivity index is 2.12. The average molecular weight is 281 g/mol. The topological polar surface area (TPSA) is 60.7 Å². The van der Waals surface area contributed by atoms with Gasteiger partial charge in [0, 0.05) is 6.61 Å². The van der Waals surface area contributed by atoms with Gasteiger partial charge in [-0.15, -0.1) is 0 Å². The Kier molecular flexibility index (Phi) is 5.61. The fourth-order valence-electron chi connectivity index (χ4n) is 2.47. The number of nitrogens with one attached hydrogen (secondary N) is 1. The molecule has 0 bridgehead atoms. The first kappa shape index (κ1) is 15.1. The van der Waals surface area contributed by atoms with Crippen LogP contribution in [0, 0.1) is 0 Å². The van der Waals surface area contributed by atoms with Crippen LogP contribution in [-0.2, 0) is 9.47 Å². The van der Waals surface area contributed by atoms with Gasteiger partial charge in [0.15, 0.2) is 0 Å². The molecule has 1 saturated heterocycles. The van der Waals surface area contributed by atoms with Crippen LogP contribution < -0.4 is 5.32 Å². The van der Waals surface area contributed by atoms with Crippen LogP contribution in [-0.4, -0.2) is 32.3 Å². The Morgan fingerprint density at radius 1 is 1.50 bits per heavy atom. The normalized spacial score (nSPS) is 20.6. The number of ether oxygens (including phenoxy) is 2. The summed E-state index contributed by atoms with van der Waals surface area (Å²) in [6.45, 7) is 3.80. The molecule has 0 radical (unpaired) electrons. The van der Waals surface area contributed by atoms with E-state index in [-0.39, 0.29) is 17.9 Å². The Morgan fingerprint density at radius 2 is 2.35 bits per heavy atom. The fourth-order valence-corrected chi connectivity index (χ4v) is 2.47. The molecule has 0 saturated carbocycles. The highest BCUT2D eigenvalue weighted by molar-refractivity contribution is 5.86. The molecule has 2 unspecified atom stereocenters. The molecule has 112 valence electrons. The largest absolute Gasteiger partial charge is 0.463 e. The molecular formula is C15H23NO4. The zero-order chi connectivity index (χ0) is 14.4. The summed E-state index contributed by atoms with van der Waals surface area (Å²) in [5, 5.41) is 3.45. The van der Waals surface area contributed by atoms with E-state index >= 15 is 0 Å². The van der Waals surface area contributed by atoms with Crippen molar-refractivity contribution in [1.82, 2.24) is 5.32 Å². The van der Waals surface area contributed by atoms with E-state index in [2.05, 4.69) is 17.0 Å². The van der Waals surface area contributed by atoms with Gasteiger partial charge in [-0.05, 0) is 44.4 Å². The number of furan rings is 1. The molecule has 1 aromatic heterocycles. The maximum absolute atomic E-state index is 11.5. The second kappa shape index (κ2) is 7.45. The molecule has 1 N–H and O–H groups in total. The molecular weight excluding hydrogens is 258 g/mol. The monoisotopic (exact) mass is 281 g/mol. The van der Waals surface area contributed by atoms with E-state index in [1.54, 1.807) is 6.07 Å². The maximum Gasteiger partial charge on any atom is 0.373 e. The van der Waals surface area contributed by atoms with Crippen LogP contribution in [0.4, 0.5) is 0 Å². The summed E-state index contributed by atoms with van der Waals surface area (Å²) in [5.41, 5.74) is 0. The average Bonchev–Trinajstić information content (AvgIpc) is 2.98. The predicted octanol–water partition coefficient (Wildman–Crippen LogP) is 2.68. The third kappa shape index (κ3) is 3.61. The van der Waals surface area contributed by atoms with Crippen LogP contribution >= 0.6 is 0 Å². The highest BCUT2D eigenvalue weighted by atomic mass is 16.5. The number of esters is 1. The molecule has 0 spiro atoms. The lowest BCUT2D eigenvalue weighted by Crippen LogP contribution is -2.36. The van der Waals surface area contributed by atoms with Gasteiger partial charge in [-0.2, -0.15) is 0 Å². The minimum atomic E-state index is -0.449. The van der Waals surface area contributed by atoms with Gasteiger partial charge in [0.2, 0.25) is 5.76 Å². The van der Waals surface area contributed by atoms with E-state index in [1.165, 1.54) is 13.5 Å². The second-order valence-electron chi connectivity index (χ2n) is 5.03. The summed E-state index contributed by atoms with van der Waals surface area (Å²) in [4.78, 5) is 11.5. The summed E-state index contributed by atoms with van der Waals surface area (Å²) in [6.07, 6.45) is 4.43. The molecule has 5 heteroatoms. The lowest BCUT2D eigenvalue weighted by Gasteiger charge is -2.30. The lowest BCUT2D eigenvalue weighted by atomic mass is 10.00. The minimum absolute atomic E-state index is 0.00587. The van der Waals surface area contributed by atoms with Crippen LogP contribution in [0.25, 0.3) is 0 Å². The minimum Gasteiger partial charge on any atom is -0.463 e. The fraction of sp³-hybridized carbons (Fsp3) is 0.667. The molecule has 20 heavy (non-hydrogen) atoms. The third-order valence-corrected chi connectivity index (χ3v) is 3.52. The molecule has 0 aliphatic carbocycles. The molecule has 1 fully saturated rings. The standard InChI is InChI=1S/C15H23NO4/c1-3-9-16-14(11-6-4-5-10-19-11)12-7-8-13(20-12)15(17)18-2/h7-8,11,14,16H,3-6,9-10H2,1-2H3. The predicted molar refractivity (Wildman–Crippen MR) is 74.7 cm³/mol. The summed E-state index contributed by atoms with van der Waals surface area (Å²) in [6, 6.07) is 3.48. The summed E-state index contributed by atoms with van der Waals surface area (Å²) < 4.78 is 16.2. The van der Waals surface area contributed by atoms with Crippen molar-refractivity contribution in [3.63, 3.8) is 0 Å². The number of carbonyl (C=O) groups excluding carboxylic acids is 1. The second-order valence-corrected chi connectivity index (χ2v) is 5.03. The van der Waals surface area contributed by atoms with Gasteiger partial charge in [-0.3, -0.25) is 0 Å². The first-order chi connectivity index (χ1) is 9.76. The van der Waals surface area contributed by atoms with Gasteiger partial charge < -0.3 is 19.2 Å². The Morgan fingerprint density at radius 3 is 3.00 bits per heavy atom. The number of hydrogen-bond acceptors (Lipinski definition) is 5. The van der Waals surface area contributed by atoms with Crippen LogP contribution in [0.15, 0.2) is 16.5 Å². The Labute approximate surface area is 119 Å². The SMILES string of the molecule is CCCNC(c1ccc(C(=O)OC)o1)C1CCCCO1. The maximum atomic E-state index is 11.5. The van der Waals surface area contributed by atoms with Crippen LogP contribution in [0.2, 0.25) is 0 Å². The van der Waals surface area contributed by atoms with Crippen LogP contribution in [0.3, 0.4) is 0 Å². The summed E-state index contributed by atoms with van der Waals surface area (Å²) in [5.74, 6) is 0.530. The van der Waals surface area contributed by atoms with Crippen molar-refractivity contribution in [2.75, 3.05) is 20.3 Å². The van der Waals surface area contributed by atoms with Gasteiger partial charge >= 0.3 is 5.97 Å². The Bertz CT molecular complexity index is 423. The van der Waals surface area contributed by atoms with E-state index < -0.39 is 5.97 Å². The lowest BCUT2D eigenvalue weighted by molar-refractivity contribution is -0.0129. The van der Waals surface area contributed by atoms with E-state index in [1.807, 2.05) is 6.07 Å². The van der Waals surface area contributed by atoms with Crippen molar-refractivity contribution in [1.29, 1.82) is 0 Å². The molecule has 2 rings (SSSR count). The molecule has 5 nitrogen and oxygen atoms in total. The van der Waals surface area contributed by atoms with Crippen molar-refractivity contribution in [2.45, 2.75) is 44.8 Å². The Hall–Kier alpha value is -1.33. The third-order valence-electron chi connectivity index (χ3n) is 3.52. The zero-order valence-corrected chi connectivity index (χ0v) is 12.2. The molecule has 1 aromatic rings. The molecule has 1 aliphatic heterocycles. The van der Waals surface area contributed by atoms with Gasteiger partial charge in [-0.25, -0.2) is 4.79 Å². The smallest absolute Gasteiger partial charge is 0.373 e. The zero-order valence-electron chi connectivity index (χ0n) is 12.2. The van der Waals surface area contributed by atoms with E-state index in [4.69, 9.17) is 9.15 Å². The first-order valence-corrected chi connectivity index (χ1v) is 7.29. The summed E-state index contributed by atoms with van der Waals surface area (Å²) in [7, 11) is 1.35. The highest BCUT2D eigenvalue weighted by Gasteiger charge is 2.28. The molecule has 2 atom stereocenters. The number of hydrogen-bond donors (Lipinski definition) is 1. The number of rotatable bonds is 6. The highest BCUT2D eigenvalue weighted by Crippen LogP contribution is 2.28. The molecule has 2 heterocycles. The van der Waals surface area contributed by atoms with Crippen molar-refractivity contribution in [3.05, 3.63) is 23.7 Å². The van der Waals surface area contributed by atoms with Gasteiger partial charge in [0.05, 0.1) is 19.3 Å². The number of carbonyl (C=O) groups is 1. The van der Waals surface area contributed by atoms with E-state index in [0.29, 0.717) is 0 Å². The van der Waals surface area contributed by atoms with Crippen molar-refractivity contribution >= 4 is 5.97 Å². The van der Waals surface area contributed by atoms with Crippen molar-refractivity contribution in [2.24, 2.45) is 0 Å². The van der Waals surface area contributed by atoms with Gasteiger partial charge in [0.1, 0.15) is 5.76 Å². The van der Waals surface area contributed by atoms with Crippen molar-refractivity contribution in [3.8, 4) is 0 Å². The van der Waals surface area contributed by atoms with Gasteiger partial charge in [-0.1, -0.05) is 6.92 Å².